The van der Waals surface area contributed by atoms with Crippen LogP contribution >= 0.6 is 11.3 Å². The van der Waals surface area contributed by atoms with Crippen LogP contribution in [0.5, 0.6) is 5.75 Å². The molecule has 4 rings (SSSR count). The average molecular weight is 441 g/mol. The van der Waals surface area contributed by atoms with Crippen molar-refractivity contribution in [1.82, 2.24) is 4.98 Å². The van der Waals surface area contributed by atoms with Gasteiger partial charge in [-0.25, -0.2) is 13.4 Å². The van der Waals surface area contributed by atoms with Gasteiger partial charge in [0.25, 0.3) is 10.0 Å². The molecule has 0 bridgehead atoms. The van der Waals surface area contributed by atoms with Gasteiger partial charge in [-0.15, -0.1) is 11.3 Å². The smallest absolute Gasteiger partial charge is 0.264 e. The van der Waals surface area contributed by atoms with E-state index in [9.17, 15) is 8.42 Å². The highest BCUT2D eigenvalue weighted by Gasteiger charge is 2.26. The van der Waals surface area contributed by atoms with Crippen LogP contribution in [0.25, 0.3) is 10.8 Å². The SMILES string of the molecule is COc1ccc(N(Cc2coc(-c3cccs3)n2)S(=O)(=O)c2ccc(C)cc2)cc1. The molecule has 0 radical (unpaired) electrons. The molecular formula is C22H20N2O4S2. The molecule has 0 saturated heterocycles. The van der Waals surface area contributed by atoms with Crippen molar-refractivity contribution in [1.29, 1.82) is 0 Å². The monoisotopic (exact) mass is 440 g/mol. The van der Waals surface area contributed by atoms with Crippen LogP contribution in [0.3, 0.4) is 0 Å². The lowest BCUT2D eigenvalue weighted by Gasteiger charge is -2.24. The van der Waals surface area contributed by atoms with Gasteiger partial charge in [-0.1, -0.05) is 23.8 Å². The Hall–Kier alpha value is -3.10. The third-order valence-corrected chi connectivity index (χ3v) is 7.20. The van der Waals surface area contributed by atoms with E-state index in [0.717, 1.165) is 10.4 Å². The summed E-state index contributed by atoms with van der Waals surface area (Å²) in [6.07, 6.45) is 1.50. The molecular weight excluding hydrogens is 420 g/mol. The third-order valence-electron chi connectivity index (χ3n) is 4.56. The first kappa shape index (κ1) is 20.2. The highest BCUT2D eigenvalue weighted by molar-refractivity contribution is 7.92. The molecule has 0 unspecified atom stereocenters. The number of oxazole rings is 1. The van der Waals surface area contributed by atoms with Crippen molar-refractivity contribution in [2.24, 2.45) is 0 Å². The summed E-state index contributed by atoms with van der Waals surface area (Å²) < 4.78 is 39.1. The number of ether oxygens (including phenoxy) is 1. The van der Waals surface area contributed by atoms with Crippen LogP contribution in [-0.4, -0.2) is 20.5 Å². The van der Waals surface area contributed by atoms with Crippen LogP contribution in [0.15, 0.2) is 81.6 Å². The van der Waals surface area contributed by atoms with Crippen molar-refractivity contribution in [3.05, 3.63) is 83.6 Å². The number of methoxy groups -OCH3 is 1. The summed E-state index contributed by atoms with van der Waals surface area (Å²) in [5.74, 6) is 1.12. The highest BCUT2D eigenvalue weighted by atomic mass is 32.2. The number of nitrogens with zero attached hydrogens (tertiary/aromatic N) is 2. The lowest BCUT2D eigenvalue weighted by Crippen LogP contribution is -2.30. The molecule has 0 saturated carbocycles. The molecule has 0 N–H and O–H groups in total. The van der Waals surface area contributed by atoms with Crippen molar-refractivity contribution in [3.8, 4) is 16.5 Å². The van der Waals surface area contributed by atoms with E-state index >= 15 is 0 Å². The van der Waals surface area contributed by atoms with Crippen molar-refractivity contribution >= 4 is 27.0 Å². The minimum Gasteiger partial charge on any atom is -0.497 e. The fourth-order valence-corrected chi connectivity index (χ4v) is 5.03. The normalized spacial score (nSPS) is 11.4. The summed E-state index contributed by atoms with van der Waals surface area (Å²) in [6.45, 7) is 1.95. The van der Waals surface area contributed by atoms with Gasteiger partial charge in [-0.3, -0.25) is 4.31 Å². The van der Waals surface area contributed by atoms with Crippen LogP contribution in [0, 0.1) is 6.92 Å². The number of aromatic nitrogens is 1. The second-order valence-electron chi connectivity index (χ2n) is 6.64. The van der Waals surface area contributed by atoms with E-state index in [1.54, 1.807) is 55.6 Å². The first-order valence-corrected chi connectivity index (χ1v) is 11.5. The Kier molecular flexibility index (Phi) is 5.61. The maximum atomic E-state index is 13.5. The summed E-state index contributed by atoms with van der Waals surface area (Å²) in [5, 5.41) is 1.94. The van der Waals surface area contributed by atoms with Crippen LogP contribution in [0.1, 0.15) is 11.3 Å². The zero-order chi connectivity index (χ0) is 21.1. The summed E-state index contributed by atoms with van der Waals surface area (Å²) >= 11 is 1.51. The molecule has 0 aliphatic carbocycles. The van der Waals surface area contributed by atoms with Gasteiger partial charge in [0, 0.05) is 0 Å². The molecule has 2 heterocycles. The van der Waals surface area contributed by atoms with E-state index in [1.165, 1.54) is 21.9 Å². The van der Waals surface area contributed by atoms with Crippen molar-refractivity contribution in [2.75, 3.05) is 11.4 Å². The standard InChI is InChI=1S/C22H20N2O4S2/c1-16-5-11-20(12-6-16)30(25,26)24(18-7-9-19(27-2)10-8-18)14-17-15-28-22(23-17)21-4-3-13-29-21/h3-13,15H,14H2,1-2H3. The maximum absolute atomic E-state index is 13.5. The molecule has 6 nitrogen and oxygen atoms in total. The molecule has 0 spiro atoms. The minimum atomic E-state index is -3.82. The topological polar surface area (TPSA) is 72.6 Å². The maximum Gasteiger partial charge on any atom is 0.264 e. The van der Waals surface area contributed by atoms with Gasteiger partial charge in [0.2, 0.25) is 5.89 Å². The fourth-order valence-electron chi connectivity index (χ4n) is 2.94. The number of rotatable bonds is 7. The Morgan fingerprint density at radius 2 is 1.80 bits per heavy atom. The fraction of sp³-hybridized carbons (Fsp3) is 0.136. The molecule has 0 aliphatic rings. The van der Waals surface area contributed by atoms with Gasteiger partial charge in [0.1, 0.15) is 17.7 Å². The largest absolute Gasteiger partial charge is 0.497 e. The van der Waals surface area contributed by atoms with Crippen LogP contribution in [0.4, 0.5) is 5.69 Å². The Labute approximate surface area is 179 Å². The highest BCUT2D eigenvalue weighted by Crippen LogP contribution is 2.29. The summed E-state index contributed by atoms with van der Waals surface area (Å²) in [4.78, 5) is 5.59. The van der Waals surface area contributed by atoms with E-state index in [-0.39, 0.29) is 11.4 Å². The van der Waals surface area contributed by atoms with Gasteiger partial charge in [0.15, 0.2) is 0 Å². The number of hydrogen-bond acceptors (Lipinski definition) is 6. The lowest BCUT2D eigenvalue weighted by molar-refractivity contribution is 0.415. The molecule has 8 heteroatoms. The predicted molar refractivity (Wildman–Crippen MR) is 117 cm³/mol. The first-order valence-electron chi connectivity index (χ1n) is 9.19. The van der Waals surface area contributed by atoms with Crippen LogP contribution in [-0.2, 0) is 16.6 Å². The van der Waals surface area contributed by atoms with E-state index in [1.807, 2.05) is 24.4 Å². The molecule has 30 heavy (non-hydrogen) atoms. The Balaban J connectivity index is 1.72. The molecule has 4 aromatic rings. The van der Waals surface area contributed by atoms with Gasteiger partial charge < -0.3 is 9.15 Å². The first-order chi connectivity index (χ1) is 14.5. The molecule has 2 aromatic heterocycles. The van der Waals surface area contributed by atoms with E-state index in [4.69, 9.17) is 9.15 Å². The molecule has 154 valence electrons. The molecule has 0 fully saturated rings. The Bertz CT molecular complexity index is 1210. The number of sulfonamides is 1. The quantitative estimate of drug-likeness (QED) is 0.399. The summed E-state index contributed by atoms with van der Waals surface area (Å²) in [6, 6.07) is 17.5. The summed E-state index contributed by atoms with van der Waals surface area (Å²) in [5.41, 5.74) is 2.02. The number of anilines is 1. The Morgan fingerprint density at radius 3 is 2.43 bits per heavy atom. The van der Waals surface area contributed by atoms with E-state index in [2.05, 4.69) is 4.98 Å². The van der Waals surface area contributed by atoms with Crippen LogP contribution < -0.4 is 9.04 Å². The van der Waals surface area contributed by atoms with Crippen molar-refractivity contribution in [2.45, 2.75) is 18.4 Å². The number of thiophene rings is 1. The molecule has 2 aromatic carbocycles. The molecule has 0 atom stereocenters. The van der Waals surface area contributed by atoms with Crippen molar-refractivity contribution < 1.29 is 17.6 Å². The second kappa shape index (κ2) is 8.33. The molecule has 0 amide bonds. The van der Waals surface area contributed by atoms with Gasteiger partial charge >= 0.3 is 0 Å². The summed E-state index contributed by atoms with van der Waals surface area (Å²) in [7, 11) is -2.25. The van der Waals surface area contributed by atoms with Gasteiger partial charge in [0.05, 0.1) is 29.1 Å². The average Bonchev–Trinajstić information content (AvgIpc) is 3.44. The minimum absolute atomic E-state index is 0.0391. The number of aryl methyl sites for hydroxylation is 1. The zero-order valence-electron chi connectivity index (χ0n) is 16.5. The predicted octanol–water partition coefficient (Wildman–Crippen LogP) is 5.12. The third kappa shape index (κ3) is 4.10. The van der Waals surface area contributed by atoms with E-state index < -0.39 is 10.0 Å². The zero-order valence-corrected chi connectivity index (χ0v) is 18.1. The molecule has 0 aliphatic heterocycles. The van der Waals surface area contributed by atoms with E-state index in [0.29, 0.717) is 23.0 Å². The number of benzene rings is 2. The second-order valence-corrected chi connectivity index (χ2v) is 9.45. The van der Waals surface area contributed by atoms with Gasteiger partial charge in [-0.05, 0) is 54.8 Å². The number of hydrogen-bond donors (Lipinski definition) is 0. The van der Waals surface area contributed by atoms with Crippen LogP contribution in [0.2, 0.25) is 0 Å². The van der Waals surface area contributed by atoms with Gasteiger partial charge in [-0.2, -0.15) is 0 Å². The van der Waals surface area contributed by atoms with Crippen molar-refractivity contribution in [3.63, 3.8) is 0 Å². The Morgan fingerprint density at radius 1 is 1.07 bits per heavy atom. The lowest BCUT2D eigenvalue weighted by atomic mass is 10.2.